The van der Waals surface area contributed by atoms with Gasteiger partial charge in [0.1, 0.15) is 5.82 Å². The molecule has 3 heterocycles. The minimum Gasteiger partial charge on any atom is -0.373 e. The van der Waals surface area contributed by atoms with Crippen molar-refractivity contribution >= 4 is 5.96 Å². The maximum absolute atomic E-state index is 13.5. The number of nitrogens with one attached hydrogen (secondary N) is 2. The molecule has 2 aliphatic rings. The molecule has 6 heteroatoms. The van der Waals surface area contributed by atoms with Crippen LogP contribution in [-0.2, 0) is 11.3 Å². The number of aliphatic imine (C=N–C) groups is 1. The van der Waals surface area contributed by atoms with E-state index in [1.54, 1.807) is 19.3 Å². The second kappa shape index (κ2) is 5.75. The fourth-order valence-electron chi connectivity index (χ4n) is 2.88. The van der Waals surface area contributed by atoms with Crippen molar-refractivity contribution in [3.8, 4) is 0 Å². The van der Waals surface area contributed by atoms with Gasteiger partial charge in [0.15, 0.2) is 5.96 Å². The lowest BCUT2D eigenvalue weighted by molar-refractivity contribution is 0.0992. The second-order valence-electron chi connectivity index (χ2n) is 5.22. The minimum absolute atomic E-state index is 0.283. The summed E-state index contributed by atoms with van der Waals surface area (Å²) >= 11 is 0. The summed E-state index contributed by atoms with van der Waals surface area (Å²) in [5.74, 6) is 0.356. The number of hydrogen-bond donors (Lipinski definition) is 2. The van der Waals surface area contributed by atoms with Crippen molar-refractivity contribution in [3.63, 3.8) is 0 Å². The third-order valence-corrected chi connectivity index (χ3v) is 3.91. The predicted molar refractivity (Wildman–Crippen MR) is 73.8 cm³/mol. The van der Waals surface area contributed by atoms with Gasteiger partial charge in [0.2, 0.25) is 0 Å². The highest BCUT2D eigenvalue weighted by Crippen LogP contribution is 2.34. The number of rotatable bonds is 3. The molecule has 0 aliphatic carbocycles. The molecule has 3 atom stereocenters. The number of pyridine rings is 1. The first kappa shape index (κ1) is 13.3. The Morgan fingerprint density at radius 2 is 2.45 bits per heavy atom. The molecule has 0 radical (unpaired) electrons. The number of halogens is 1. The van der Waals surface area contributed by atoms with Gasteiger partial charge in [0.05, 0.1) is 30.5 Å². The molecule has 0 spiro atoms. The van der Waals surface area contributed by atoms with Crippen molar-refractivity contribution in [2.24, 2.45) is 4.99 Å². The molecule has 2 bridgehead atoms. The Bertz CT molecular complexity index is 508. The zero-order valence-electron chi connectivity index (χ0n) is 11.5. The number of aromatic nitrogens is 1. The molecular weight excluding hydrogens is 259 g/mol. The number of ether oxygens (including phenoxy) is 1. The van der Waals surface area contributed by atoms with E-state index in [4.69, 9.17) is 4.74 Å². The Hall–Kier alpha value is -1.69. The minimum atomic E-state index is -0.307. The van der Waals surface area contributed by atoms with Gasteiger partial charge in [-0.1, -0.05) is 0 Å². The molecule has 108 valence electrons. The quantitative estimate of drug-likeness (QED) is 0.644. The average molecular weight is 278 g/mol. The zero-order valence-corrected chi connectivity index (χ0v) is 11.5. The lowest BCUT2D eigenvalue weighted by Gasteiger charge is -2.22. The monoisotopic (exact) mass is 278 g/mol. The van der Waals surface area contributed by atoms with Gasteiger partial charge < -0.3 is 15.4 Å². The van der Waals surface area contributed by atoms with Crippen molar-refractivity contribution in [1.29, 1.82) is 0 Å². The molecule has 1 aromatic heterocycles. The van der Waals surface area contributed by atoms with E-state index in [0.717, 1.165) is 19.3 Å². The van der Waals surface area contributed by atoms with E-state index in [1.807, 2.05) is 0 Å². The SMILES string of the molecule is CN=C(NCc1ncccc1F)NC1CC2CCC1O2. The van der Waals surface area contributed by atoms with Crippen LogP contribution in [0.4, 0.5) is 4.39 Å². The topological polar surface area (TPSA) is 58.5 Å². The largest absolute Gasteiger partial charge is 0.373 e. The first-order chi connectivity index (χ1) is 9.76. The molecule has 3 unspecified atom stereocenters. The van der Waals surface area contributed by atoms with Gasteiger partial charge in [0.25, 0.3) is 0 Å². The molecule has 2 fully saturated rings. The van der Waals surface area contributed by atoms with E-state index in [2.05, 4.69) is 20.6 Å². The van der Waals surface area contributed by atoms with E-state index in [-0.39, 0.29) is 11.9 Å². The third kappa shape index (κ3) is 2.75. The average Bonchev–Trinajstić information content (AvgIpc) is 3.07. The Morgan fingerprint density at radius 1 is 1.55 bits per heavy atom. The van der Waals surface area contributed by atoms with E-state index in [1.165, 1.54) is 6.07 Å². The summed E-state index contributed by atoms with van der Waals surface area (Å²) in [6, 6.07) is 3.29. The molecule has 5 nitrogen and oxygen atoms in total. The maximum atomic E-state index is 13.5. The summed E-state index contributed by atoms with van der Waals surface area (Å²) in [6.07, 6.45) is 5.54. The highest BCUT2D eigenvalue weighted by atomic mass is 19.1. The molecule has 2 aliphatic heterocycles. The summed E-state index contributed by atoms with van der Waals surface area (Å²) in [5, 5.41) is 6.44. The van der Waals surface area contributed by atoms with Crippen LogP contribution in [0.25, 0.3) is 0 Å². The fourth-order valence-corrected chi connectivity index (χ4v) is 2.88. The zero-order chi connectivity index (χ0) is 13.9. The van der Waals surface area contributed by atoms with Crippen LogP contribution in [0, 0.1) is 5.82 Å². The summed E-state index contributed by atoms with van der Waals surface area (Å²) < 4.78 is 19.3. The first-order valence-corrected chi connectivity index (χ1v) is 6.98. The number of nitrogens with zero attached hydrogens (tertiary/aromatic N) is 2. The summed E-state index contributed by atoms with van der Waals surface area (Å²) in [6.45, 7) is 0.314. The fraction of sp³-hybridized carbons (Fsp3) is 0.571. The molecule has 0 amide bonds. The summed E-state index contributed by atoms with van der Waals surface area (Å²) in [4.78, 5) is 8.18. The number of hydrogen-bond acceptors (Lipinski definition) is 3. The Labute approximate surface area is 117 Å². The smallest absolute Gasteiger partial charge is 0.191 e. The highest BCUT2D eigenvalue weighted by molar-refractivity contribution is 5.80. The molecule has 1 aromatic rings. The number of guanidine groups is 1. The van der Waals surface area contributed by atoms with Crippen LogP contribution < -0.4 is 10.6 Å². The molecular formula is C14H19FN4O. The van der Waals surface area contributed by atoms with Gasteiger partial charge >= 0.3 is 0 Å². The van der Waals surface area contributed by atoms with E-state index < -0.39 is 0 Å². The van der Waals surface area contributed by atoms with Crippen molar-refractivity contribution < 1.29 is 9.13 Å². The standard InChI is InChI=1S/C14H19FN4O/c1-16-14(18-8-12-10(15)3-2-6-17-12)19-11-7-9-4-5-13(11)20-9/h2-3,6,9,11,13H,4-5,7-8H2,1H3,(H2,16,18,19). The van der Waals surface area contributed by atoms with Crippen molar-refractivity contribution in [1.82, 2.24) is 15.6 Å². The molecule has 20 heavy (non-hydrogen) atoms. The van der Waals surface area contributed by atoms with Crippen molar-refractivity contribution in [2.75, 3.05) is 7.05 Å². The van der Waals surface area contributed by atoms with Gasteiger partial charge in [-0.3, -0.25) is 9.98 Å². The van der Waals surface area contributed by atoms with Gasteiger partial charge in [-0.05, 0) is 31.4 Å². The third-order valence-electron chi connectivity index (χ3n) is 3.91. The van der Waals surface area contributed by atoms with Gasteiger partial charge in [0, 0.05) is 13.2 Å². The lowest BCUT2D eigenvalue weighted by Crippen LogP contribution is -2.47. The van der Waals surface area contributed by atoms with Crippen molar-refractivity contribution in [2.45, 2.75) is 44.1 Å². The Morgan fingerprint density at radius 3 is 3.10 bits per heavy atom. The van der Waals surface area contributed by atoms with E-state index in [9.17, 15) is 4.39 Å². The molecule has 2 saturated heterocycles. The van der Waals surface area contributed by atoms with E-state index in [0.29, 0.717) is 30.3 Å². The lowest BCUT2D eigenvalue weighted by atomic mass is 9.96. The predicted octanol–water partition coefficient (Wildman–Crippen LogP) is 1.21. The van der Waals surface area contributed by atoms with Crippen LogP contribution in [0.1, 0.15) is 25.0 Å². The van der Waals surface area contributed by atoms with Crippen LogP contribution in [-0.4, -0.2) is 36.2 Å². The molecule has 2 N–H and O–H groups in total. The van der Waals surface area contributed by atoms with Gasteiger partial charge in [-0.15, -0.1) is 0 Å². The Kier molecular flexibility index (Phi) is 3.82. The van der Waals surface area contributed by atoms with Crippen molar-refractivity contribution in [3.05, 3.63) is 29.8 Å². The van der Waals surface area contributed by atoms with Crippen LogP contribution in [0.2, 0.25) is 0 Å². The second-order valence-corrected chi connectivity index (χ2v) is 5.22. The van der Waals surface area contributed by atoms with Gasteiger partial charge in [-0.2, -0.15) is 0 Å². The maximum Gasteiger partial charge on any atom is 0.191 e. The molecule has 0 aromatic carbocycles. The van der Waals surface area contributed by atoms with Crippen LogP contribution in [0.15, 0.2) is 23.3 Å². The number of fused-ring (bicyclic) bond motifs is 2. The van der Waals surface area contributed by atoms with Crippen LogP contribution >= 0.6 is 0 Å². The summed E-state index contributed by atoms with van der Waals surface area (Å²) in [7, 11) is 1.71. The summed E-state index contributed by atoms with van der Waals surface area (Å²) in [5.41, 5.74) is 0.389. The molecule has 0 saturated carbocycles. The van der Waals surface area contributed by atoms with E-state index >= 15 is 0 Å². The molecule has 3 rings (SSSR count). The highest BCUT2D eigenvalue weighted by Gasteiger charge is 2.41. The Balaban J connectivity index is 1.54. The van der Waals surface area contributed by atoms with Crippen LogP contribution in [0.3, 0.4) is 0 Å². The first-order valence-electron chi connectivity index (χ1n) is 6.98. The van der Waals surface area contributed by atoms with Crippen LogP contribution in [0.5, 0.6) is 0 Å². The normalized spacial score (nSPS) is 28.7. The van der Waals surface area contributed by atoms with Gasteiger partial charge in [-0.25, -0.2) is 4.39 Å².